The first kappa shape index (κ1) is 8.56. The van der Waals surface area contributed by atoms with E-state index in [1.165, 1.54) is 5.69 Å². The molecule has 0 aliphatic heterocycles. The zero-order chi connectivity index (χ0) is 9.42. The second-order valence-corrected chi connectivity index (χ2v) is 3.70. The van der Waals surface area contributed by atoms with Gasteiger partial charge in [0, 0.05) is 18.9 Å². The molecule has 0 aliphatic rings. The number of anilines is 1. The number of aryl methyl sites for hydroxylation is 1. The topological polar surface area (TPSA) is 29.3 Å². The fourth-order valence-electron chi connectivity index (χ4n) is 1.40. The summed E-state index contributed by atoms with van der Waals surface area (Å²) >= 11 is 3.37. The van der Waals surface area contributed by atoms with Gasteiger partial charge in [0.2, 0.25) is 0 Å². The Morgan fingerprint density at radius 1 is 1.46 bits per heavy atom. The third-order valence-electron chi connectivity index (χ3n) is 2.06. The van der Waals surface area contributed by atoms with Crippen molar-refractivity contribution in [3.05, 3.63) is 28.6 Å². The first-order chi connectivity index (χ1) is 6.22. The maximum atomic E-state index is 4.32. The maximum Gasteiger partial charge on any atom is 0.151 e. The van der Waals surface area contributed by atoms with Crippen LogP contribution in [0.4, 0.5) is 5.82 Å². The van der Waals surface area contributed by atoms with Crippen LogP contribution in [0, 0.1) is 6.92 Å². The van der Waals surface area contributed by atoms with Crippen LogP contribution < -0.4 is 5.32 Å². The highest BCUT2D eigenvalue weighted by Gasteiger charge is 2.04. The molecular formula is C9H10BrN3. The fraction of sp³-hybridized carbons (Fsp3) is 0.222. The van der Waals surface area contributed by atoms with Crippen LogP contribution in [0.1, 0.15) is 5.69 Å². The first-order valence-electron chi connectivity index (χ1n) is 4.04. The molecule has 13 heavy (non-hydrogen) atoms. The standard InChI is InChI=1S/C9H10BrN3/c1-6-3-4-7-9(11-2)12-8(10)5-13(6)7/h3-5H,1-2H3,(H,11,12). The minimum absolute atomic E-state index is 0.837. The number of nitrogens with one attached hydrogen (secondary N) is 1. The lowest BCUT2D eigenvalue weighted by atomic mass is 10.5. The van der Waals surface area contributed by atoms with E-state index in [0.717, 1.165) is 15.9 Å². The summed E-state index contributed by atoms with van der Waals surface area (Å²) in [6, 6.07) is 4.13. The van der Waals surface area contributed by atoms with E-state index in [-0.39, 0.29) is 0 Å². The highest BCUT2D eigenvalue weighted by Crippen LogP contribution is 2.20. The van der Waals surface area contributed by atoms with Gasteiger partial charge < -0.3 is 9.72 Å². The van der Waals surface area contributed by atoms with E-state index >= 15 is 0 Å². The van der Waals surface area contributed by atoms with Gasteiger partial charge in [-0.3, -0.25) is 0 Å². The number of fused-ring (bicyclic) bond motifs is 1. The number of nitrogens with zero attached hydrogens (tertiary/aromatic N) is 2. The summed E-state index contributed by atoms with van der Waals surface area (Å²) in [5.74, 6) is 0.891. The molecular weight excluding hydrogens is 230 g/mol. The molecule has 0 saturated heterocycles. The van der Waals surface area contributed by atoms with Crippen LogP contribution in [0.25, 0.3) is 5.52 Å². The number of aromatic nitrogens is 2. The second kappa shape index (κ2) is 3.03. The van der Waals surface area contributed by atoms with Crippen LogP contribution in [-0.2, 0) is 0 Å². The third kappa shape index (κ3) is 1.31. The molecule has 0 amide bonds. The van der Waals surface area contributed by atoms with Crippen LogP contribution in [0.15, 0.2) is 22.9 Å². The molecule has 2 aromatic heterocycles. The molecule has 0 aromatic carbocycles. The smallest absolute Gasteiger partial charge is 0.151 e. The van der Waals surface area contributed by atoms with Crippen molar-refractivity contribution in [1.82, 2.24) is 9.38 Å². The van der Waals surface area contributed by atoms with E-state index in [0.29, 0.717) is 0 Å². The lowest BCUT2D eigenvalue weighted by Gasteiger charge is -2.04. The van der Waals surface area contributed by atoms with Gasteiger partial charge >= 0.3 is 0 Å². The average molecular weight is 240 g/mol. The zero-order valence-corrected chi connectivity index (χ0v) is 9.09. The summed E-state index contributed by atoms with van der Waals surface area (Å²) < 4.78 is 2.94. The quantitative estimate of drug-likeness (QED) is 0.829. The number of hydrogen-bond donors (Lipinski definition) is 1. The SMILES string of the molecule is CNc1nc(Br)cn2c(C)ccc12. The fourth-order valence-corrected chi connectivity index (χ4v) is 1.78. The summed E-state index contributed by atoms with van der Waals surface area (Å²) in [7, 11) is 1.87. The van der Waals surface area contributed by atoms with Gasteiger partial charge in [0.05, 0.1) is 5.52 Å². The van der Waals surface area contributed by atoms with Gasteiger partial charge in [-0.05, 0) is 35.0 Å². The molecule has 0 fully saturated rings. The lowest BCUT2D eigenvalue weighted by molar-refractivity contribution is 1.06. The van der Waals surface area contributed by atoms with Gasteiger partial charge in [0.25, 0.3) is 0 Å². The molecule has 2 rings (SSSR count). The van der Waals surface area contributed by atoms with Crippen molar-refractivity contribution < 1.29 is 0 Å². The van der Waals surface area contributed by atoms with Crippen molar-refractivity contribution in [3.63, 3.8) is 0 Å². The molecule has 3 nitrogen and oxygen atoms in total. The first-order valence-corrected chi connectivity index (χ1v) is 4.83. The molecule has 0 unspecified atom stereocenters. The Morgan fingerprint density at radius 3 is 2.92 bits per heavy atom. The summed E-state index contributed by atoms with van der Waals surface area (Å²) in [6.45, 7) is 2.07. The molecule has 68 valence electrons. The van der Waals surface area contributed by atoms with E-state index in [2.05, 4.69) is 49.7 Å². The van der Waals surface area contributed by atoms with Crippen LogP contribution in [0.3, 0.4) is 0 Å². The van der Waals surface area contributed by atoms with E-state index in [9.17, 15) is 0 Å². The van der Waals surface area contributed by atoms with E-state index in [1.54, 1.807) is 0 Å². The van der Waals surface area contributed by atoms with Crippen LogP contribution in [0.5, 0.6) is 0 Å². The average Bonchev–Trinajstić information content (AvgIpc) is 2.47. The monoisotopic (exact) mass is 239 g/mol. The molecule has 0 spiro atoms. The van der Waals surface area contributed by atoms with Gasteiger partial charge in [-0.25, -0.2) is 4.98 Å². The predicted octanol–water partition coefficient (Wildman–Crippen LogP) is 2.45. The Balaban J connectivity index is 2.84. The van der Waals surface area contributed by atoms with Gasteiger partial charge in [0.15, 0.2) is 5.82 Å². The molecule has 0 bridgehead atoms. The van der Waals surface area contributed by atoms with E-state index in [1.807, 2.05) is 13.2 Å². The van der Waals surface area contributed by atoms with Gasteiger partial charge in [-0.2, -0.15) is 0 Å². The minimum Gasteiger partial charge on any atom is -0.371 e. The number of rotatable bonds is 1. The lowest BCUT2D eigenvalue weighted by Crippen LogP contribution is -1.97. The molecule has 0 aliphatic carbocycles. The van der Waals surface area contributed by atoms with Gasteiger partial charge in [-0.1, -0.05) is 0 Å². The van der Waals surface area contributed by atoms with Crippen molar-refractivity contribution in [2.45, 2.75) is 6.92 Å². The zero-order valence-electron chi connectivity index (χ0n) is 7.50. The molecule has 1 N–H and O–H groups in total. The van der Waals surface area contributed by atoms with Crippen LogP contribution in [0.2, 0.25) is 0 Å². The van der Waals surface area contributed by atoms with Gasteiger partial charge in [-0.15, -0.1) is 0 Å². The largest absolute Gasteiger partial charge is 0.371 e. The Hall–Kier alpha value is -1.03. The molecule has 0 atom stereocenters. The molecule has 2 heterocycles. The molecule has 4 heteroatoms. The summed E-state index contributed by atoms with van der Waals surface area (Å²) in [4.78, 5) is 4.32. The molecule has 0 saturated carbocycles. The Morgan fingerprint density at radius 2 is 2.23 bits per heavy atom. The van der Waals surface area contributed by atoms with Crippen LogP contribution in [-0.4, -0.2) is 16.4 Å². The van der Waals surface area contributed by atoms with E-state index < -0.39 is 0 Å². The minimum atomic E-state index is 0.837. The van der Waals surface area contributed by atoms with Crippen molar-refractivity contribution >= 4 is 27.3 Å². The summed E-state index contributed by atoms with van der Waals surface area (Å²) in [5.41, 5.74) is 2.30. The normalized spacial score (nSPS) is 10.7. The highest BCUT2D eigenvalue weighted by molar-refractivity contribution is 9.10. The summed E-state index contributed by atoms with van der Waals surface area (Å²) in [5, 5.41) is 3.06. The maximum absolute atomic E-state index is 4.32. The number of halogens is 1. The van der Waals surface area contributed by atoms with Crippen molar-refractivity contribution in [3.8, 4) is 0 Å². The molecule has 0 radical (unpaired) electrons. The Bertz CT molecular complexity index is 447. The van der Waals surface area contributed by atoms with E-state index in [4.69, 9.17) is 0 Å². The van der Waals surface area contributed by atoms with Crippen molar-refractivity contribution in [1.29, 1.82) is 0 Å². The van der Waals surface area contributed by atoms with Crippen molar-refractivity contribution in [2.75, 3.05) is 12.4 Å². The summed E-state index contributed by atoms with van der Waals surface area (Å²) in [6.07, 6.45) is 1.96. The highest BCUT2D eigenvalue weighted by atomic mass is 79.9. The Kier molecular flexibility index (Phi) is 2.00. The Labute approximate surface area is 84.9 Å². The number of hydrogen-bond acceptors (Lipinski definition) is 2. The second-order valence-electron chi connectivity index (χ2n) is 2.89. The molecule has 2 aromatic rings. The third-order valence-corrected chi connectivity index (χ3v) is 2.44. The predicted molar refractivity (Wildman–Crippen MR) is 57.2 cm³/mol. The van der Waals surface area contributed by atoms with Crippen molar-refractivity contribution in [2.24, 2.45) is 0 Å². The van der Waals surface area contributed by atoms with Gasteiger partial charge in [0.1, 0.15) is 4.60 Å². The van der Waals surface area contributed by atoms with Crippen LogP contribution >= 0.6 is 15.9 Å².